The first-order valence-corrected chi connectivity index (χ1v) is 9.52. The van der Waals surface area contributed by atoms with Crippen LogP contribution >= 0.6 is 15.9 Å². The summed E-state index contributed by atoms with van der Waals surface area (Å²) in [7, 11) is 0. The van der Waals surface area contributed by atoms with Crippen molar-refractivity contribution in [3.8, 4) is 0 Å². The summed E-state index contributed by atoms with van der Waals surface area (Å²) in [5, 5.41) is 2.91. The lowest BCUT2D eigenvalue weighted by Gasteiger charge is -2.16. The van der Waals surface area contributed by atoms with Gasteiger partial charge >= 0.3 is 11.1 Å². The fraction of sp³-hybridized carbons (Fsp3) is 0.250. The van der Waals surface area contributed by atoms with Crippen LogP contribution in [0.3, 0.4) is 0 Å². The first kappa shape index (κ1) is 19.1. The maximum atomic E-state index is 12.7. The van der Waals surface area contributed by atoms with Gasteiger partial charge in [0.15, 0.2) is 0 Å². The van der Waals surface area contributed by atoms with Gasteiger partial charge in [-0.2, -0.15) is 0 Å². The number of nitrogens with zero attached hydrogens (tertiary/aromatic N) is 2. The van der Waals surface area contributed by atoms with E-state index in [1.807, 2.05) is 32.9 Å². The summed E-state index contributed by atoms with van der Waals surface area (Å²) in [6.45, 7) is 6.28. The summed E-state index contributed by atoms with van der Waals surface area (Å²) in [4.78, 5) is 37.4. The van der Waals surface area contributed by atoms with Crippen molar-refractivity contribution in [2.75, 3.05) is 5.32 Å². The molecule has 0 atom stereocenters. The molecule has 0 spiro atoms. The first-order valence-electron chi connectivity index (χ1n) is 8.72. The third-order valence-corrected chi connectivity index (χ3v) is 5.27. The Hall–Kier alpha value is -2.67. The summed E-state index contributed by atoms with van der Waals surface area (Å²) < 4.78 is 3.61. The highest BCUT2D eigenvalue weighted by Crippen LogP contribution is 2.24. The Morgan fingerprint density at radius 2 is 1.56 bits per heavy atom. The van der Waals surface area contributed by atoms with E-state index in [0.29, 0.717) is 39.8 Å². The van der Waals surface area contributed by atoms with Crippen molar-refractivity contribution >= 4 is 38.6 Å². The monoisotopic (exact) mass is 429 g/mol. The molecule has 0 radical (unpaired) electrons. The zero-order chi connectivity index (χ0) is 19.7. The van der Waals surface area contributed by atoms with Gasteiger partial charge in [-0.05, 0) is 66.5 Å². The number of hydrogen-bond acceptors (Lipinski definition) is 3. The second-order valence-corrected chi connectivity index (χ2v) is 7.04. The number of hydrogen-bond donors (Lipinski definition) is 1. The van der Waals surface area contributed by atoms with Gasteiger partial charge in [0.05, 0.1) is 16.6 Å². The summed E-state index contributed by atoms with van der Waals surface area (Å²) in [5.74, 6) is -0.251. The minimum atomic E-state index is -0.557. The second kappa shape index (κ2) is 7.52. The van der Waals surface area contributed by atoms with Crippen LogP contribution in [0, 0.1) is 6.92 Å². The van der Waals surface area contributed by atoms with Crippen LogP contribution in [-0.4, -0.2) is 15.0 Å². The molecule has 0 bridgehead atoms. The summed E-state index contributed by atoms with van der Waals surface area (Å²) in [6, 6.07) is 10.8. The molecule has 27 heavy (non-hydrogen) atoms. The van der Waals surface area contributed by atoms with Gasteiger partial charge in [-0.3, -0.25) is 14.4 Å². The fourth-order valence-corrected chi connectivity index (χ4v) is 3.63. The van der Waals surface area contributed by atoms with E-state index in [4.69, 9.17) is 0 Å². The molecule has 0 saturated carbocycles. The highest BCUT2D eigenvalue weighted by Gasteiger charge is 2.16. The molecule has 1 amide bonds. The lowest BCUT2D eigenvalue weighted by atomic mass is 10.1. The topological polar surface area (TPSA) is 73.1 Å². The average molecular weight is 430 g/mol. The van der Waals surface area contributed by atoms with Gasteiger partial charge in [0.2, 0.25) is 0 Å². The highest BCUT2D eigenvalue weighted by atomic mass is 79.9. The normalized spacial score (nSPS) is 11.0. The largest absolute Gasteiger partial charge is 0.322 e. The van der Waals surface area contributed by atoms with Crippen LogP contribution in [0.4, 0.5) is 5.69 Å². The molecule has 0 saturated heterocycles. The smallest absolute Gasteiger partial charge is 0.316 e. The fourth-order valence-electron chi connectivity index (χ4n) is 3.16. The molecule has 1 heterocycles. The lowest BCUT2D eigenvalue weighted by Crippen LogP contribution is -2.41. The number of fused-ring (bicyclic) bond motifs is 1. The Labute approximate surface area is 164 Å². The SMILES string of the molecule is CCn1c(=O)c(=O)n(CC)c2cc(NC(=O)c3ccccc3Br)c(C)cc21. The van der Waals surface area contributed by atoms with Gasteiger partial charge in [0, 0.05) is 23.2 Å². The first-order chi connectivity index (χ1) is 12.9. The van der Waals surface area contributed by atoms with Crippen molar-refractivity contribution in [1.82, 2.24) is 9.13 Å². The molecule has 0 fully saturated rings. The van der Waals surface area contributed by atoms with Crippen molar-refractivity contribution < 1.29 is 4.79 Å². The van der Waals surface area contributed by atoms with Crippen LogP contribution in [0.25, 0.3) is 11.0 Å². The van der Waals surface area contributed by atoms with Crippen LogP contribution in [0.2, 0.25) is 0 Å². The number of benzene rings is 2. The molecule has 0 aliphatic heterocycles. The van der Waals surface area contributed by atoms with Crippen molar-refractivity contribution in [2.24, 2.45) is 0 Å². The highest BCUT2D eigenvalue weighted by molar-refractivity contribution is 9.10. The van der Waals surface area contributed by atoms with E-state index in [1.165, 1.54) is 9.13 Å². The Bertz CT molecular complexity index is 1160. The molecular formula is C20H20BrN3O3. The standard InChI is InChI=1S/C20H20BrN3O3/c1-4-23-16-10-12(3)15(11-17(16)24(5-2)20(27)19(23)26)22-18(25)13-8-6-7-9-14(13)21/h6-11H,4-5H2,1-3H3,(H,22,25). The van der Waals surface area contributed by atoms with Gasteiger partial charge in [0.1, 0.15) is 0 Å². The zero-order valence-corrected chi connectivity index (χ0v) is 17.0. The van der Waals surface area contributed by atoms with E-state index >= 15 is 0 Å². The average Bonchev–Trinajstić information content (AvgIpc) is 2.65. The van der Waals surface area contributed by atoms with Gasteiger partial charge in [-0.25, -0.2) is 0 Å². The van der Waals surface area contributed by atoms with Crippen LogP contribution in [0.1, 0.15) is 29.8 Å². The van der Waals surface area contributed by atoms with E-state index in [9.17, 15) is 14.4 Å². The molecule has 0 unspecified atom stereocenters. The Balaban J connectivity index is 2.18. The van der Waals surface area contributed by atoms with Crippen molar-refractivity contribution in [1.29, 1.82) is 0 Å². The molecule has 140 valence electrons. The maximum absolute atomic E-state index is 12.7. The lowest BCUT2D eigenvalue weighted by molar-refractivity contribution is 0.102. The third kappa shape index (κ3) is 3.35. The Morgan fingerprint density at radius 3 is 2.11 bits per heavy atom. The molecule has 3 aromatic rings. The van der Waals surface area contributed by atoms with Crippen LogP contribution < -0.4 is 16.4 Å². The van der Waals surface area contributed by atoms with Crippen molar-refractivity contribution in [3.05, 3.63) is 72.7 Å². The zero-order valence-electron chi connectivity index (χ0n) is 15.4. The number of anilines is 1. The van der Waals surface area contributed by atoms with E-state index < -0.39 is 11.1 Å². The number of carbonyl (C=O) groups excluding carboxylic acids is 1. The quantitative estimate of drug-likeness (QED) is 0.644. The van der Waals surface area contributed by atoms with E-state index in [1.54, 1.807) is 24.3 Å². The molecule has 6 nitrogen and oxygen atoms in total. The van der Waals surface area contributed by atoms with Crippen LogP contribution in [0.15, 0.2) is 50.5 Å². The van der Waals surface area contributed by atoms with E-state index in [2.05, 4.69) is 21.2 Å². The number of nitrogens with one attached hydrogen (secondary N) is 1. The minimum Gasteiger partial charge on any atom is -0.322 e. The summed E-state index contributed by atoms with van der Waals surface area (Å²) in [6.07, 6.45) is 0. The van der Waals surface area contributed by atoms with Gasteiger partial charge < -0.3 is 14.5 Å². The number of carbonyl (C=O) groups is 1. The summed E-state index contributed by atoms with van der Waals surface area (Å²) >= 11 is 3.38. The number of rotatable bonds is 4. The maximum Gasteiger partial charge on any atom is 0.316 e. The molecule has 0 aliphatic rings. The Kier molecular flexibility index (Phi) is 5.32. The van der Waals surface area contributed by atoms with Crippen LogP contribution in [0.5, 0.6) is 0 Å². The molecule has 2 aromatic carbocycles. The van der Waals surface area contributed by atoms with Crippen molar-refractivity contribution in [3.63, 3.8) is 0 Å². The van der Waals surface area contributed by atoms with Crippen molar-refractivity contribution in [2.45, 2.75) is 33.9 Å². The number of amides is 1. The predicted octanol–water partition coefficient (Wildman–Crippen LogP) is 3.53. The van der Waals surface area contributed by atoms with Gasteiger partial charge in [-0.15, -0.1) is 0 Å². The molecule has 0 aliphatic carbocycles. The third-order valence-electron chi connectivity index (χ3n) is 4.58. The van der Waals surface area contributed by atoms with Crippen LogP contribution in [-0.2, 0) is 13.1 Å². The van der Waals surface area contributed by atoms with Gasteiger partial charge in [-0.1, -0.05) is 12.1 Å². The summed E-state index contributed by atoms with van der Waals surface area (Å²) in [5.41, 5.74) is 2.15. The second-order valence-electron chi connectivity index (χ2n) is 6.19. The molecule has 1 aromatic heterocycles. The molecular weight excluding hydrogens is 410 g/mol. The number of aromatic nitrogens is 2. The predicted molar refractivity (Wildman–Crippen MR) is 111 cm³/mol. The molecule has 7 heteroatoms. The van der Waals surface area contributed by atoms with E-state index in [0.717, 1.165) is 5.56 Å². The minimum absolute atomic E-state index is 0.251. The number of aryl methyl sites for hydroxylation is 3. The number of halogens is 1. The molecule has 1 N–H and O–H groups in total. The molecule has 3 rings (SSSR count). The van der Waals surface area contributed by atoms with E-state index in [-0.39, 0.29) is 5.91 Å². The van der Waals surface area contributed by atoms with Gasteiger partial charge in [0.25, 0.3) is 5.91 Å². The Morgan fingerprint density at radius 1 is 1.00 bits per heavy atom.